The van der Waals surface area contributed by atoms with Crippen LogP contribution in [-0.2, 0) is 28.5 Å². The summed E-state index contributed by atoms with van der Waals surface area (Å²) in [5.74, 6) is -0.407. The van der Waals surface area contributed by atoms with E-state index in [0.29, 0.717) is 32.9 Å². The molecule has 6 nitrogen and oxygen atoms in total. The van der Waals surface area contributed by atoms with Gasteiger partial charge >= 0.3 is 5.97 Å². The summed E-state index contributed by atoms with van der Waals surface area (Å²) in [6.07, 6.45) is 0.0671. The lowest BCUT2D eigenvalue weighted by atomic mass is 10.5. The molecule has 0 atom stereocenters. The van der Waals surface area contributed by atoms with Crippen LogP contribution in [0.3, 0.4) is 0 Å². The third-order valence-corrected chi connectivity index (χ3v) is 1.56. The van der Waals surface area contributed by atoms with Crippen molar-refractivity contribution in [2.45, 2.75) is 13.3 Å². The Morgan fingerprint density at radius 3 is 2.44 bits per heavy atom. The highest BCUT2D eigenvalue weighted by atomic mass is 16.6. The van der Waals surface area contributed by atoms with Gasteiger partial charge in [-0.3, -0.25) is 9.59 Å². The summed E-state index contributed by atoms with van der Waals surface area (Å²) in [6.45, 7) is 4.48. The molecule has 0 aliphatic rings. The van der Waals surface area contributed by atoms with Gasteiger partial charge in [-0.25, -0.2) is 0 Å². The molecule has 0 aromatic heterocycles. The van der Waals surface area contributed by atoms with Crippen LogP contribution in [0.25, 0.3) is 0 Å². The first kappa shape index (κ1) is 14.9. The number of rotatable bonds is 11. The Balaban J connectivity index is 3.12. The molecule has 0 aliphatic heterocycles. The molecular formula is C10H18O6. The van der Waals surface area contributed by atoms with Crippen molar-refractivity contribution in [2.75, 3.05) is 39.6 Å². The Kier molecular flexibility index (Phi) is 11.1. The van der Waals surface area contributed by atoms with Crippen molar-refractivity contribution in [1.82, 2.24) is 0 Å². The highest BCUT2D eigenvalue weighted by Gasteiger charge is 2.02. The van der Waals surface area contributed by atoms with Crippen LogP contribution in [0.15, 0.2) is 0 Å². The number of carbonyl (C=O) groups is 2. The molecule has 0 bridgehead atoms. The summed E-state index contributed by atoms with van der Waals surface area (Å²) in [6, 6.07) is 0. The van der Waals surface area contributed by atoms with E-state index in [-0.39, 0.29) is 19.6 Å². The second-order valence-electron chi connectivity index (χ2n) is 2.75. The fourth-order valence-corrected chi connectivity index (χ4v) is 0.841. The fraction of sp³-hybridized carbons (Fsp3) is 0.800. The minimum atomic E-state index is -0.407. The van der Waals surface area contributed by atoms with Gasteiger partial charge in [0.2, 0.25) is 0 Å². The highest BCUT2D eigenvalue weighted by Crippen LogP contribution is 1.88. The van der Waals surface area contributed by atoms with Crippen LogP contribution in [0.5, 0.6) is 0 Å². The molecule has 0 unspecified atom stereocenters. The van der Waals surface area contributed by atoms with Crippen LogP contribution >= 0.6 is 0 Å². The summed E-state index contributed by atoms with van der Waals surface area (Å²) in [5.41, 5.74) is 0. The average molecular weight is 234 g/mol. The molecule has 94 valence electrons. The molecule has 0 amide bonds. The lowest BCUT2D eigenvalue weighted by Gasteiger charge is -2.05. The topological polar surface area (TPSA) is 71.1 Å². The van der Waals surface area contributed by atoms with Crippen molar-refractivity contribution in [2.24, 2.45) is 0 Å². The van der Waals surface area contributed by atoms with Crippen LogP contribution in [0.1, 0.15) is 13.3 Å². The molecule has 0 saturated heterocycles. The van der Waals surface area contributed by atoms with Crippen LogP contribution in [0, 0.1) is 0 Å². The fourth-order valence-electron chi connectivity index (χ4n) is 0.841. The van der Waals surface area contributed by atoms with E-state index in [4.69, 9.17) is 14.2 Å². The number of hydrogen-bond acceptors (Lipinski definition) is 6. The van der Waals surface area contributed by atoms with Crippen LogP contribution in [0.4, 0.5) is 0 Å². The monoisotopic (exact) mass is 234 g/mol. The van der Waals surface area contributed by atoms with Gasteiger partial charge in [-0.1, -0.05) is 0 Å². The van der Waals surface area contributed by atoms with Crippen molar-refractivity contribution < 1.29 is 28.5 Å². The first-order valence-electron chi connectivity index (χ1n) is 5.17. The lowest BCUT2D eigenvalue weighted by Crippen LogP contribution is -2.14. The van der Waals surface area contributed by atoms with Crippen molar-refractivity contribution >= 4 is 12.4 Å². The van der Waals surface area contributed by atoms with E-state index in [9.17, 15) is 9.59 Å². The molecule has 0 radical (unpaired) electrons. The number of ether oxygens (including phenoxy) is 4. The SMILES string of the molecule is CCOCCOCCOC(=O)CCOC=O. The van der Waals surface area contributed by atoms with Gasteiger partial charge in [0.05, 0.1) is 26.2 Å². The normalized spacial score (nSPS) is 9.81. The molecule has 0 aliphatic carbocycles. The Morgan fingerprint density at radius 2 is 1.75 bits per heavy atom. The summed E-state index contributed by atoms with van der Waals surface area (Å²) in [7, 11) is 0. The minimum Gasteiger partial charge on any atom is -0.467 e. The minimum absolute atomic E-state index is 0.0491. The van der Waals surface area contributed by atoms with E-state index in [1.165, 1.54) is 0 Å². The Morgan fingerprint density at radius 1 is 1.06 bits per heavy atom. The first-order valence-corrected chi connectivity index (χ1v) is 5.17. The quantitative estimate of drug-likeness (QED) is 0.288. The predicted octanol–water partition coefficient (Wildman–Crippen LogP) is 0.146. The molecule has 0 aromatic rings. The average Bonchev–Trinajstić information content (AvgIpc) is 2.28. The summed E-state index contributed by atoms with van der Waals surface area (Å²) < 4.78 is 19.3. The maximum absolute atomic E-state index is 11.0. The van der Waals surface area contributed by atoms with Crippen LogP contribution in [-0.4, -0.2) is 52.1 Å². The summed E-state index contributed by atoms with van der Waals surface area (Å²) in [4.78, 5) is 20.7. The molecule has 0 aromatic carbocycles. The van der Waals surface area contributed by atoms with E-state index in [1.54, 1.807) is 0 Å². The van der Waals surface area contributed by atoms with Crippen molar-refractivity contribution in [3.63, 3.8) is 0 Å². The first-order chi connectivity index (χ1) is 7.81. The van der Waals surface area contributed by atoms with Gasteiger partial charge in [-0.2, -0.15) is 0 Å². The van der Waals surface area contributed by atoms with Gasteiger partial charge in [-0.05, 0) is 6.92 Å². The maximum Gasteiger partial charge on any atom is 0.309 e. The number of esters is 1. The van der Waals surface area contributed by atoms with E-state index in [0.717, 1.165) is 0 Å². The molecule has 0 heterocycles. The van der Waals surface area contributed by atoms with Crippen LogP contribution < -0.4 is 0 Å². The van der Waals surface area contributed by atoms with E-state index in [2.05, 4.69) is 4.74 Å². The van der Waals surface area contributed by atoms with Crippen molar-refractivity contribution in [3.05, 3.63) is 0 Å². The zero-order valence-corrected chi connectivity index (χ0v) is 9.48. The standard InChI is InChI=1S/C10H18O6/c1-2-13-5-6-14-7-8-16-10(12)3-4-15-9-11/h9H,2-8H2,1H3. The Bertz CT molecular complexity index is 182. The molecule has 0 saturated carbocycles. The maximum atomic E-state index is 11.0. The lowest BCUT2D eigenvalue weighted by molar-refractivity contribution is -0.147. The molecule has 0 spiro atoms. The molecule has 16 heavy (non-hydrogen) atoms. The van der Waals surface area contributed by atoms with E-state index < -0.39 is 5.97 Å². The highest BCUT2D eigenvalue weighted by molar-refractivity contribution is 5.69. The Labute approximate surface area is 94.8 Å². The molecule has 0 rings (SSSR count). The van der Waals surface area contributed by atoms with Gasteiger partial charge in [0.25, 0.3) is 6.47 Å². The van der Waals surface area contributed by atoms with E-state index in [1.807, 2.05) is 6.92 Å². The molecule has 0 fully saturated rings. The van der Waals surface area contributed by atoms with Crippen molar-refractivity contribution in [1.29, 1.82) is 0 Å². The molecular weight excluding hydrogens is 216 g/mol. The van der Waals surface area contributed by atoms with Gasteiger partial charge in [0.15, 0.2) is 0 Å². The number of carbonyl (C=O) groups excluding carboxylic acids is 2. The van der Waals surface area contributed by atoms with Gasteiger partial charge in [0, 0.05) is 6.61 Å². The smallest absolute Gasteiger partial charge is 0.309 e. The second kappa shape index (κ2) is 11.9. The number of hydrogen-bond donors (Lipinski definition) is 0. The zero-order valence-electron chi connectivity index (χ0n) is 9.48. The second-order valence-corrected chi connectivity index (χ2v) is 2.75. The summed E-state index contributed by atoms with van der Waals surface area (Å²) in [5, 5.41) is 0. The predicted molar refractivity (Wildman–Crippen MR) is 54.9 cm³/mol. The largest absolute Gasteiger partial charge is 0.467 e. The van der Waals surface area contributed by atoms with Gasteiger partial charge in [-0.15, -0.1) is 0 Å². The van der Waals surface area contributed by atoms with E-state index >= 15 is 0 Å². The Hall–Kier alpha value is -1.14. The zero-order chi connectivity index (χ0) is 12.1. The third-order valence-electron chi connectivity index (χ3n) is 1.56. The van der Waals surface area contributed by atoms with Crippen molar-refractivity contribution in [3.8, 4) is 0 Å². The van der Waals surface area contributed by atoms with Gasteiger partial charge in [0.1, 0.15) is 13.2 Å². The molecule has 6 heteroatoms. The van der Waals surface area contributed by atoms with Gasteiger partial charge < -0.3 is 18.9 Å². The third kappa shape index (κ3) is 10.9. The molecule has 0 N–H and O–H groups in total. The summed E-state index contributed by atoms with van der Waals surface area (Å²) >= 11 is 0. The van der Waals surface area contributed by atoms with Crippen LogP contribution in [0.2, 0.25) is 0 Å².